The molecule has 0 saturated heterocycles. The maximum atomic E-state index is 13.7. The molecule has 1 aliphatic heterocycles. The van der Waals surface area contributed by atoms with Crippen LogP contribution in [0.4, 0.5) is 0 Å². The molecule has 0 unspecified atom stereocenters. The zero-order chi connectivity index (χ0) is 27.3. The monoisotopic (exact) mass is 534 g/mol. The number of fused-ring (bicyclic) bond motifs is 1. The fraction of sp³-hybridized carbons (Fsp3) is 0.321. The van der Waals surface area contributed by atoms with Crippen molar-refractivity contribution in [3.05, 3.63) is 83.9 Å². The Morgan fingerprint density at radius 3 is 2.39 bits per heavy atom. The van der Waals surface area contributed by atoms with Crippen LogP contribution in [0.25, 0.3) is 0 Å². The van der Waals surface area contributed by atoms with Crippen LogP contribution < -0.4 is 4.74 Å². The second kappa shape index (κ2) is 11.7. The Morgan fingerprint density at radius 1 is 1.11 bits per heavy atom. The quantitative estimate of drug-likeness (QED) is 0.500. The highest BCUT2D eigenvalue weighted by Gasteiger charge is 2.38. The van der Waals surface area contributed by atoms with Crippen LogP contribution in [0.3, 0.4) is 0 Å². The number of aliphatic hydroxyl groups is 1. The van der Waals surface area contributed by atoms with E-state index in [-0.39, 0.29) is 42.2 Å². The Hall–Kier alpha value is -3.78. The molecule has 1 aromatic carbocycles. The number of carbonyl (C=O) groups is 1. The molecule has 0 spiro atoms. The van der Waals surface area contributed by atoms with Crippen LogP contribution in [-0.4, -0.2) is 77.5 Å². The molecule has 4 rings (SSSR count). The van der Waals surface area contributed by atoms with E-state index in [0.717, 1.165) is 5.56 Å². The molecule has 0 bridgehead atoms. The lowest BCUT2D eigenvalue weighted by atomic mass is 10.0. The van der Waals surface area contributed by atoms with Crippen molar-refractivity contribution in [2.75, 3.05) is 26.7 Å². The average molecular weight is 535 g/mol. The van der Waals surface area contributed by atoms with Crippen molar-refractivity contribution in [1.29, 1.82) is 0 Å². The van der Waals surface area contributed by atoms with Crippen LogP contribution in [-0.2, 0) is 10.0 Å². The Bertz CT molecular complexity index is 1440. The molecule has 1 amide bonds. The predicted octanol–water partition coefficient (Wildman–Crippen LogP) is 2.42. The van der Waals surface area contributed by atoms with Gasteiger partial charge in [0.05, 0.1) is 13.2 Å². The SMILES string of the molecule is C[C@H]1CN([C@@H](C)CO)S(=O)(=O)c2ccc(C#Cc3ccncc3)cc2O[C@@H]1CN(C)C(=O)c1ccncc1. The summed E-state index contributed by atoms with van der Waals surface area (Å²) in [6.07, 6.45) is 5.87. The molecule has 0 radical (unpaired) electrons. The summed E-state index contributed by atoms with van der Waals surface area (Å²) in [6.45, 7) is 3.54. The van der Waals surface area contributed by atoms with Crippen molar-refractivity contribution in [3.8, 4) is 17.6 Å². The molecule has 3 aromatic rings. The number of pyridine rings is 2. The molecular formula is C28H30N4O5S. The van der Waals surface area contributed by atoms with Crippen molar-refractivity contribution < 1.29 is 23.1 Å². The maximum absolute atomic E-state index is 13.7. The van der Waals surface area contributed by atoms with Gasteiger partial charge in [-0.25, -0.2) is 8.42 Å². The van der Waals surface area contributed by atoms with Crippen LogP contribution in [0.2, 0.25) is 0 Å². The minimum atomic E-state index is -3.98. The molecule has 3 heterocycles. The predicted molar refractivity (Wildman–Crippen MR) is 142 cm³/mol. The summed E-state index contributed by atoms with van der Waals surface area (Å²) in [5.41, 5.74) is 1.84. The summed E-state index contributed by atoms with van der Waals surface area (Å²) >= 11 is 0. The van der Waals surface area contributed by atoms with Crippen LogP contribution in [0, 0.1) is 17.8 Å². The molecule has 38 heavy (non-hydrogen) atoms. The van der Waals surface area contributed by atoms with Crippen LogP contribution in [0.1, 0.15) is 35.3 Å². The Morgan fingerprint density at radius 2 is 1.74 bits per heavy atom. The van der Waals surface area contributed by atoms with E-state index < -0.39 is 22.2 Å². The minimum Gasteiger partial charge on any atom is -0.487 e. The van der Waals surface area contributed by atoms with Gasteiger partial charge in [0.2, 0.25) is 10.0 Å². The number of hydrogen-bond donors (Lipinski definition) is 1. The Balaban J connectivity index is 1.72. The normalized spacial score (nSPS) is 19.5. The van der Waals surface area contributed by atoms with Gasteiger partial charge < -0.3 is 14.7 Å². The third kappa shape index (κ3) is 6.02. The summed E-state index contributed by atoms with van der Waals surface area (Å²) in [5.74, 6) is 5.75. The third-order valence-electron chi connectivity index (χ3n) is 6.43. The molecule has 0 aliphatic carbocycles. The molecule has 2 aromatic heterocycles. The number of benzene rings is 1. The first kappa shape index (κ1) is 27.3. The molecule has 1 N–H and O–H groups in total. The van der Waals surface area contributed by atoms with Gasteiger partial charge in [-0.2, -0.15) is 4.31 Å². The number of sulfonamides is 1. The van der Waals surface area contributed by atoms with Gasteiger partial charge in [0.15, 0.2) is 0 Å². The van der Waals surface area contributed by atoms with Gasteiger partial charge in [-0.3, -0.25) is 14.8 Å². The standard InChI is InChI=1S/C28H30N4O5S/c1-20-17-32(21(2)19-33)38(35,36)27-7-6-23(5-4-22-8-12-29-13-9-22)16-25(27)37-26(20)18-31(3)28(34)24-10-14-30-15-11-24/h6-16,20-21,26,33H,17-19H2,1-3H3/t20-,21-,26+/m0/s1. The van der Waals surface area contributed by atoms with Gasteiger partial charge in [0, 0.05) is 67.0 Å². The van der Waals surface area contributed by atoms with Crippen molar-refractivity contribution in [1.82, 2.24) is 19.2 Å². The Labute approximate surface area is 223 Å². The van der Waals surface area contributed by atoms with Crippen molar-refractivity contribution in [2.24, 2.45) is 5.92 Å². The van der Waals surface area contributed by atoms with E-state index >= 15 is 0 Å². The van der Waals surface area contributed by atoms with Crippen LogP contribution in [0.5, 0.6) is 5.75 Å². The van der Waals surface area contributed by atoms with E-state index in [1.807, 2.05) is 6.92 Å². The van der Waals surface area contributed by atoms with Gasteiger partial charge in [-0.15, -0.1) is 0 Å². The number of nitrogens with zero attached hydrogens (tertiary/aromatic N) is 4. The van der Waals surface area contributed by atoms with E-state index in [9.17, 15) is 18.3 Å². The summed E-state index contributed by atoms with van der Waals surface area (Å²) in [7, 11) is -2.30. The van der Waals surface area contributed by atoms with Gasteiger partial charge in [0.1, 0.15) is 16.7 Å². The van der Waals surface area contributed by atoms with Crippen molar-refractivity contribution in [2.45, 2.75) is 30.9 Å². The van der Waals surface area contributed by atoms with E-state index in [2.05, 4.69) is 21.8 Å². The van der Waals surface area contributed by atoms with Crippen LogP contribution in [0.15, 0.2) is 72.1 Å². The zero-order valence-electron chi connectivity index (χ0n) is 21.5. The van der Waals surface area contributed by atoms with E-state index in [4.69, 9.17) is 4.74 Å². The largest absolute Gasteiger partial charge is 0.487 e. The lowest BCUT2D eigenvalue weighted by Gasteiger charge is -2.37. The lowest BCUT2D eigenvalue weighted by molar-refractivity contribution is 0.0563. The number of ether oxygens (including phenoxy) is 1. The topological polar surface area (TPSA) is 113 Å². The summed E-state index contributed by atoms with van der Waals surface area (Å²) < 4.78 is 35.0. The van der Waals surface area contributed by atoms with E-state index in [0.29, 0.717) is 11.1 Å². The van der Waals surface area contributed by atoms with Gasteiger partial charge >= 0.3 is 0 Å². The smallest absolute Gasteiger partial charge is 0.253 e. The van der Waals surface area contributed by atoms with Crippen LogP contribution >= 0.6 is 0 Å². The average Bonchev–Trinajstić information content (AvgIpc) is 2.93. The highest BCUT2D eigenvalue weighted by Crippen LogP contribution is 2.34. The number of hydrogen-bond acceptors (Lipinski definition) is 7. The molecule has 10 heteroatoms. The van der Waals surface area contributed by atoms with E-state index in [1.54, 1.807) is 80.1 Å². The number of aliphatic hydroxyl groups excluding tert-OH is 1. The molecule has 9 nitrogen and oxygen atoms in total. The number of amides is 1. The first-order valence-corrected chi connectivity index (χ1v) is 13.7. The molecule has 3 atom stereocenters. The molecule has 0 fully saturated rings. The second-order valence-corrected chi connectivity index (χ2v) is 11.2. The number of rotatable bonds is 5. The van der Waals surface area contributed by atoms with Gasteiger partial charge in [0.25, 0.3) is 5.91 Å². The highest BCUT2D eigenvalue weighted by atomic mass is 32.2. The number of aromatic nitrogens is 2. The summed E-state index contributed by atoms with van der Waals surface area (Å²) in [5, 5.41) is 9.83. The first-order chi connectivity index (χ1) is 18.2. The van der Waals surface area contributed by atoms with Crippen molar-refractivity contribution >= 4 is 15.9 Å². The van der Waals surface area contributed by atoms with E-state index in [1.165, 1.54) is 10.4 Å². The Kier molecular flexibility index (Phi) is 8.42. The summed E-state index contributed by atoms with van der Waals surface area (Å²) in [6, 6.07) is 10.9. The maximum Gasteiger partial charge on any atom is 0.253 e. The summed E-state index contributed by atoms with van der Waals surface area (Å²) in [4.78, 5) is 22.5. The fourth-order valence-corrected chi connectivity index (χ4v) is 5.99. The first-order valence-electron chi connectivity index (χ1n) is 12.2. The third-order valence-corrected chi connectivity index (χ3v) is 8.45. The molecular weight excluding hydrogens is 504 g/mol. The second-order valence-electron chi connectivity index (χ2n) is 9.31. The molecule has 1 aliphatic rings. The number of carbonyl (C=O) groups excluding carboxylic acids is 1. The van der Waals surface area contributed by atoms with Crippen molar-refractivity contribution in [3.63, 3.8) is 0 Å². The fourth-order valence-electron chi connectivity index (χ4n) is 4.17. The molecule has 0 saturated carbocycles. The zero-order valence-corrected chi connectivity index (χ0v) is 22.3. The minimum absolute atomic E-state index is 0.00715. The highest BCUT2D eigenvalue weighted by molar-refractivity contribution is 7.89. The van der Waals surface area contributed by atoms with Gasteiger partial charge in [-0.1, -0.05) is 18.8 Å². The lowest BCUT2D eigenvalue weighted by Crippen LogP contribution is -2.50. The molecule has 198 valence electrons. The van der Waals surface area contributed by atoms with Gasteiger partial charge in [-0.05, 0) is 49.4 Å². The number of likely N-dealkylation sites (N-methyl/N-ethyl adjacent to an activating group) is 1.